The Morgan fingerprint density at radius 3 is 2.62 bits per heavy atom. The second-order valence-corrected chi connectivity index (χ2v) is 4.76. The van der Waals surface area contributed by atoms with Crippen LogP contribution in [0.1, 0.15) is 26.2 Å². The molecule has 21 heavy (non-hydrogen) atoms. The van der Waals surface area contributed by atoms with E-state index in [0.717, 1.165) is 30.5 Å². The summed E-state index contributed by atoms with van der Waals surface area (Å²) in [6.07, 6.45) is 4.56. The number of hydrogen-bond donors (Lipinski definition) is 1. The van der Waals surface area contributed by atoms with Crippen molar-refractivity contribution in [2.75, 3.05) is 6.54 Å². The highest BCUT2D eigenvalue weighted by Crippen LogP contribution is 2.20. The number of aromatic nitrogens is 1. The smallest absolute Gasteiger partial charge is 0.410 e. The number of nitrogens with zero attached hydrogens (tertiary/aromatic N) is 1. The lowest BCUT2D eigenvalue weighted by Crippen LogP contribution is -2.27. The lowest BCUT2D eigenvalue weighted by atomic mass is 10.1. The first-order chi connectivity index (χ1) is 10.3. The molecule has 4 nitrogen and oxygen atoms in total. The van der Waals surface area contributed by atoms with Crippen molar-refractivity contribution in [3.63, 3.8) is 0 Å². The summed E-state index contributed by atoms with van der Waals surface area (Å²) in [5.74, 6) is 0.530. The predicted molar refractivity (Wildman–Crippen MR) is 83.2 cm³/mol. The number of carbonyl (C=O) groups is 1. The van der Waals surface area contributed by atoms with Crippen LogP contribution in [0.3, 0.4) is 0 Å². The quantitative estimate of drug-likeness (QED) is 0.815. The minimum Gasteiger partial charge on any atom is -0.410 e. The maximum atomic E-state index is 11.6. The highest BCUT2D eigenvalue weighted by atomic mass is 16.5. The molecular weight excluding hydrogens is 264 g/mol. The topological polar surface area (TPSA) is 51.2 Å². The molecule has 4 heteroatoms. The summed E-state index contributed by atoms with van der Waals surface area (Å²) in [5.41, 5.74) is 1.89. The van der Waals surface area contributed by atoms with Gasteiger partial charge in [0.1, 0.15) is 5.75 Å². The van der Waals surface area contributed by atoms with Gasteiger partial charge in [0.25, 0.3) is 0 Å². The van der Waals surface area contributed by atoms with Gasteiger partial charge in [-0.1, -0.05) is 25.8 Å². The number of benzene rings is 1. The largest absolute Gasteiger partial charge is 0.412 e. The van der Waals surface area contributed by atoms with Gasteiger partial charge >= 0.3 is 6.09 Å². The molecule has 110 valence electrons. The SMILES string of the molecule is CCCCCNC(=O)Oc1ccc(-c2ccccn2)cc1. The lowest BCUT2D eigenvalue weighted by molar-refractivity contribution is 0.200. The van der Waals surface area contributed by atoms with Crippen LogP contribution in [0.2, 0.25) is 0 Å². The fraction of sp³-hybridized carbons (Fsp3) is 0.294. The fourth-order valence-corrected chi connectivity index (χ4v) is 1.94. The maximum absolute atomic E-state index is 11.6. The van der Waals surface area contributed by atoms with Crippen LogP contribution in [0.25, 0.3) is 11.3 Å². The number of pyridine rings is 1. The molecule has 1 amide bonds. The van der Waals surface area contributed by atoms with Gasteiger partial charge in [0.15, 0.2) is 0 Å². The first-order valence-corrected chi connectivity index (χ1v) is 7.26. The minimum atomic E-state index is -0.406. The number of ether oxygens (including phenoxy) is 1. The molecule has 1 heterocycles. The molecule has 0 bridgehead atoms. The van der Waals surface area contributed by atoms with Crippen molar-refractivity contribution >= 4 is 6.09 Å². The van der Waals surface area contributed by atoms with Crippen LogP contribution < -0.4 is 10.1 Å². The Morgan fingerprint density at radius 1 is 1.14 bits per heavy atom. The van der Waals surface area contributed by atoms with E-state index in [-0.39, 0.29) is 0 Å². The van der Waals surface area contributed by atoms with E-state index in [1.807, 2.05) is 30.3 Å². The second-order valence-electron chi connectivity index (χ2n) is 4.76. The summed E-state index contributed by atoms with van der Waals surface area (Å²) in [5, 5.41) is 2.74. The molecule has 2 aromatic rings. The highest BCUT2D eigenvalue weighted by Gasteiger charge is 2.04. The Morgan fingerprint density at radius 2 is 1.95 bits per heavy atom. The number of rotatable bonds is 6. The summed E-state index contributed by atoms with van der Waals surface area (Å²) in [4.78, 5) is 15.9. The summed E-state index contributed by atoms with van der Waals surface area (Å²) in [6, 6.07) is 13.1. The minimum absolute atomic E-state index is 0.406. The molecule has 0 spiro atoms. The van der Waals surface area contributed by atoms with Crippen molar-refractivity contribution in [3.05, 3.63) is 48.7 Å². The molecule has 1 aromatic heterocycles. The standard InChI is InChI=1S/C17H20N2O2/c1-2-3-5-13-19-17(20)21-15-10-8-14(9-11-15)16-7-4-6-12-18-16/h4,6-12H,2-3,5,13H2,1H3,(H,19,20). The molecular formula is C17H20N2O2. The summed E-state index contributed by atoms with van der Waals surface area (Å²) in [6.45, 7) is 2.78. The van der Waals surface area contributed by atoms with Gasteiger partial charge in [0.2, 0.25) is 0 Å². The monoisotopic (exact) mass is 284 g/mol. The van der Waals surface area contributed by atoms with E-state index < -0.39 is 6.09 Å². The number of nitrogens with one attached hydrogen (secondary N) is 1. The van der Waals surface area contributed by atoms with Crippen molar-refractivity contribution in [1.29, 1.82) is 0 Å². The van der Waals surface area contributed by atoms with E-state index in [9.17, 15) is 4.79 Å². The van der Waals surface area contributed by atoms with Crippen LogP contribution in [0.4, 0.5) is 4.79 Å². The molecule has 0 unspecified atom stereocenters. The molecule has 0 aliphatic heterocycles. The highest BCUT2D eigenvalue weighted by molar-refractivity contribution is 5.70. The predicted octanol–water partition coefficient (Wildman–Crippen LogP) is 4.03. The fourth-order valence-electron chi connectivity index (χ4n) is 1.94. The first kappa shape index (κ1) is 15.0. The molecule has 2 rings (SSSR count). The number of carbonyl (C=O) groups excluding carboxylic acids is 1. The Hall–Kier alpha value is -2.36. The van der Waals surface area contributed by atoms with E-state index in [4.69, 9.17) is 4.74 Å². The lowest BCUT2D eigenvalue weighted by Gasteiger charge is -2.07. The van der Waals surface area contributed by atoms with E-state index in [0.29, 0.717) is 12.3 Å². The Bertz CT molecular complexity index is 553. The van der Waals surface area contributed by atoms with Crippen LogP contribution in [-0.2, 0) is 0 Å². The van der Waals surface area contributed by atoms with E-state index >= 15 is 0 Å². The van der Waals surface area contributed by atoms with Crippen LogP contribution in [0.5, 0.6) is 5.75 Å². The van der Waals surface area contributed by atoms with Crippen molar-refractivity contribution in [2.24, 2.45) is 0 Å². The van der Waals surface area contributed by atoms with Gasteiger partial charge in [-0.05, 0) is 42.8 Å². The molecule has 0 saturated carbocycles. The molecule has 0 aliphatic carbocycles. The Labute approximate surface area is 125 Å². The van der Waals surface area contributed by atoms with Crippen LogP contribution in [0, 0.1) is 0 Å². The average molecular weight is 284 g/mol. The zero-order valence-electron chi connectivity index (χ0n) is 12.2. The van der Waals surface area contributed by atoms with Crippen molar-refractivity contribution < 1.29 is 9.53 Å². The number of hydrogen-bond acceptors (Lipinski definition) is 3. The maximum Gasteiger partial charge on any atom is 0.412 e. The molecule has 0 fully saturated rings. The number of unbranched alkanes of at least 4 members (excludes halogenated alkanes) is 2. The van der Waals surface area contributed by atoms with Crippen molar-refractivity contribution in [3.8, 4) is 17.0 Å². The zero-order valence-corrected chi connectivity index (χ0v) is 12.2. The first-order valence-electron chi connectivity index (χ1n) is 7.26. The van der Waals surface area contributed by atoms with Gasteiger partial charge in [-0.2, -0.15) is 0 Å². The summed E-state index contributed by atoms with van der Waals surface area (Å²) in [7, 11) is 0. The van der Waals surface area contributed by atoms with Gasteiger partial charge in [0, 0.05) is 18.3 Å². The summed E-state index contributed by atoms with van der Waals surface area (Å²) < 4.78 is 5.22. The van der Waals surface area contributed by atoms with E-state index in [1.54, 1.807) is 18.3 Å². The third-order valence-electron chi connectivity index (χ3n) is 3.08. The Balaban J connectivity index is 1.86. The molecule has 1 N–H and O–H groups in total. The second kappa shape index (κ2) is 8.04. The van der Waals surface area contributed by atoms with E-state index in [1.165, 1.54) is 0 Å². The molecule has 0 saturated heterocycles. The van der Waals surface area contributed by atoms with Crippen molar-refractivity contribution in [2.45, 2.75) is 26.2 Å². The van der Waals surface area contributed by atoms with Crippen LogP contribution in [-0.4, -0.2) is 17.6 Å². The van der Waals surface area contributed by atoms with Crippen molar-refractivity contribution in [1.82, 2.24) is 10.3 Å². The Kier molecular flexibility index (Phi) is 5.76. The van der Waals surface area contributed by atoms with Gasteiger partial charge in [-0.25, -0.2) is 4.79 Å². The van der Waals surface area contributed by atoms with E-state index in [2.05, 4.69) is 17.2 Å². The van der Waals surface area contributed by atoms with Gasteiger partial charge in [-0.15, -0.1) is 0 Å². The third-order valence-corrected chi connectivity index (χ3v) is 3.08. The van der Waals surface area contributed by atoms with Gasteiger partial charge in [0.05, 0.1) is 5.69 Å². The van der Waals surface area contributed by atoms with Crippen LogP contribution in [0.15, 0.2) is 48.7 Å². The zero-order chi connectivity index (χ0) is 14.9. The molecule has 1 aromatic carbocycles. The molecule has 0 radical (unpaired) electrons. The molecule has 0 atom stereocenters. The average Bonchev–Trinajstić information content (AvgIpc) is 2.53. The third kappa shape index (κ3) is 4.91. The van der Waals surface area contributed by atoms with Gasteiger partial charge in [-0.3, -0.25) is 4.98 Å². The van der Waals surface area contributed by atoms with Crippen LogP contribution >= 0.6 is 0 Å². The normalized spacial score (nSPS) is 10.1. The summed E-state index contributed by atoms with van der Waals surface area (Å²) >= 11 is 0. The molecule has 0 aliphatic rings. The van der Waals surface area contributed by atoms with Gasteiger partial charge < -0.3 is 10.1 Å². The number of amides is 1.